The van der Waals surface area contributed by atoms with Crippen molar-refractivity contribution in [1.82, 2.24) is 0 Å². The third-order valence-corrected chi connectivity index (χ3v) is 5.66. The third kappa shape index (κ3) is 8.81. The van der Waals surface area contributed by atoms with Gasteiger partial charge in [-0.1, -0.05) is 63.6 Å². The van der Waals surface area contributed by atoms with Gasteiger partial charge in [0.05, 0.1) is 14.2 Å². The van der Waals surface area contributed by atoms with Crippen LogP contribution in [-0.4, -0.2) is 25.3 Å². The topological polar surface area (TPSA) is 65.0 Å². The van der Waals surface area contributed by atoms with E-state index in [-0.39, 0.29) is 18.3 Å². The van der Waals surface area contributed by atoms with Gasteiger partial charge in [0.2, 0.25) is 0 Å². The minimum atomic E-state index is -0.136. The number of benzene rings is 2. The molecule has 0 aliphatic rings. The highest BCUT2D eigenvalue weighted by molar-refractivity contribution is 5.69. The summed E-state index contributed by atoms with van der Waals surface area (Å²) >= 11 is 0. The van der Waals surface area contributed by atoms with Crippen LogP contribution in [0.1, 0.15) is 75.0 Å². The minimum absolute atomic E-state index is 0.136. The zero-order valence-electron chi connectivity index (χ0n) is 19.8. The molecule has 0 aliphatic heterocycles. The molecule has 0 fully saturated rings. The van der Waals surface area contributed by atoms with Gasteiger partial charge in [0, 0.05) is 6.42 Å². The Morgan fingerprint density at radius 3 is 2.19 bits per heavy atom. The van der Waals surface area contributed by atoms with E-state index in [1.807, 2.05) is 30.3 Å². The van der Waals surface area contributed by atoms with E-state index >= 15 is 0 Å². The number of esters is 1. The van der Waals surface area contributed by atoms with Crippen molar-refractivity contribution in [1.29, 1.82) is 0 Å². The van der Waals surface area contributed by atoms with Crippen LogP contribution in [0, 0.1) is 0 Å². The minimum Gasteiger partial charge on any atom is -0.504 e. The number of phenolic OH excluding ortho intramolecular Hbond substituents is 1. The van der Waals surface area contributed by atoms with Crippen LogP contribution in [0.3, 0.4) is 0 Å². The number of methoxy groups -OCH3 is 2. The number of carbonyl (C=O) groups excluding carboxylic acids is 1. The van der Waals surface area contributed by atoms with Crippen molar-refractivity contribution in [3.05, 3.63) is 53.1 Å². The Hall–Kier alpha value is -2.69. The van der Waals surface area contributed by atoms with Crippen molar-refractivity contribution in [2.24, 2.45) is 0 Å². The zero-order chi connectivity index (χ0) is 23.2. The van der Waals surface area contributed by atoms with E-state index in [0.717, 1.165) is 48.1 Å². The summed E-state index contributed by atoms with van der Waals surface area (Å²) in [5.41, 5.74) is 3.08. The molecule has 0 aromatic heterocycles. The molecular weight excluding hydrogens is 404 g/mol. The van der Waals surface area contributed by atoms with Crippen LogP contribution in [0.2, 0.25) is 0 Å². The quantitative estimate of drug-likeness (QED) is 0.256. The molecule has 2 aromatic rings. The molecule has 5 nitrogen and oxygen atoms in total. The van der Waals surface area contributed by atoms with Crippen molar-refractivity contribution in [2.75, 3.05) is 14.2 Å². The third-order valence-electron chi connectivity index (χ3n) is 5.66. The van der Waals surface area contributed by atoms with Crippen molar-refractivity contribution in [2.45, 2.75) is 77.7 Å². The summed E-state index contributed by atoms with van der Waals surface area (Å²) in [6.45, 7) is 2.48. The molecule has 2 rings (SSSR count). The highest BCUT2D eigenvalue weighted by Crippen LogP contribution is 2.28. The van der Waals surface area contributed by atoms with E-state index in [9.17, 15) is 9.90 Å². The Labute approximate surface area is 192 Å². The lowest BCUT2D eigenvalue weighted by atomic mass is 10.0. The van der Waals surface area contributed by atoms with Crippen molar-refractivity contribution < 1.29 is 24.1 Å². The van der Waals surface area contributed by atoms with Gasteiger partial charge in [-0.05, 0) is 54.2 Å². The van der Waals surface area contributed by atoms with Crippen LogP contribution in [0.4, 0.5) is 0 Å². The maximum atomic E-state index is 12.0. The second-order valence-corrected chi connectivity index (χ2v) is 8.18. The van der Waals surface area contributed by atoms with E-state index in [0.29, 0.717) is 12.2 Å². The Morgan fingerprint density at radius 1 is 0.812 bits per heavy atom. The van der Waals surface area contributed by atoms with Gasteiger partial charge in [0.1, 0.15) is 12.4 Å². The number of phenols is 1. The first-order chi connectivity index (χ1) is 15.6. The average molecular weight is 443 g/mol. The fourth-order valence-corrected chi connectivity index (χ4v) is 3.70. The Balaban J connectivity index is 1.78. The average Bonchev–Trinajstić information content (AvgIpc) is 2.81. The van der Waals surface area contributed by atoms with Gasteiger partial charge in [-0.15, -0.1) is 0 Å². The molecule has 0 spiro atoms. The SMILES string of the molecule is CCCCCCCCCC(=O)OCc1ccc(CCc2ccc(O)c(OC)c2)c(OC)c1. The lowest BCUT2D eigenvalue weighted by Crippen LogP contribution is -2.05. The van der Waals surface area contributed by atoms with E-state index < -0.39 is 0 Å². The second-order valence-electron chi connectivity index (χ2n) is 8.18. The zero-order valence-corrected chi connectivity index (χ0v) is 19.8. The highest BCUT2D eigenvalue weighted by Gasteiger charge is 2.09. The van der Waals surface area contributed by atoms with Gasteiger partial charge in [-0.3, -0.25) is 4.79 Å². The van der Waals surface area contributed by atoms with Gasteiger partial charge >= 0.3 is 5.97 Å². The fraction of sp³-hybridized carbons (Fsp3) is 0.519. The van der Waals surface area contributed by atoms with Crippen LogP contribution >= 0.6 is 0 Å². The molecule has 0 aliphatic carbocycles. The van der Waals surface area contributed by atoms with E-state index in [1.165, 1.54) is 32.1 Å². The first-order valence-electron chi connectivity index (χ1n) is 11.7. The molecule has 0 unspecified atom stereocenters. The highest BCUT2D eigenvalue weighted by atomic mass is 16.5. The molecule has 5 heteroatoms. The van der Waals surface area contributed by atoms with Crippen molar-refractivity contribution >= 4 is 5.97 Å². The van der Waals surface area contributed by atoms with Crippen molar-refractivity contribution in [3.63, 3.8) is 0 Å². The lowest BCUT2D eigenvalue weighted by Gasteiger charge is -2.12. The summed E-state index contributed by atoms with van der Waals surface area (Å²) in [4.78, 5) is 12.0. The smallest absolute Gasteiger partial charge is 0.306 e. The molecule has 2 aromatic carbocycles. The summed E-state index contributed by atoms with van der Waals surface area (Å²) in [5, 5.41) is 9.74. The molecule has 176 valence electrons. The molecule has 0 bridgehead atoms. The lowest BCUT2D eigenvalue weighted by molar-refractivity contribution is -0.145. The largest absolute Gasteiger partial charge is 0.504 e. The predicted octanol–water partition coefficient (Wildman–Crippen LogP) is 6.38. The molecule has 0 saturated heterocycles. The first-order valence-corrected chi connectivity index (χ1v) is 11.7. The molecule has 1 N–H and O–H groups in total. The van der Waals surface area contributed by atoms with Crippen molar-refractivity contribution in [3.8, 4) is 17.2 Å². The molecule has 0 amide bonds. The van der Waals surface area contributed by atoms with Crippen LogP contribution in [-0.2, 0) is 29.0 Å². The molecule has 0 atom stereocenters. The number of aromatic hydroxyl groups is 1. The van der Waals surface area contributed by atoms with Gasteiger partial charge in [-0.2, -0.15) is 0 Å². The molecule has 0 radical (unpaired) electrons. The number of rotatable bonds is 15. The monoisotopic (exact) mass is 442 g/mol. The number of hydrogen-bond acceptors (Lipinski definition) is 5. The van der Waals surface area contributed by atoms with Gasteiger partial charge < -0.3 is 19.3 Å². The van der Waals surface area contributed by atoms with E-state index in [1.54, 1.807) is 20.3 Å². The normalized spacial score (nSPS) is 10.7. The van der Waals surface area contributed by atoms with Crippen LogP contribution in [0.25, 0.3) is 0 Å². The summed E-state index contributed by atoms with van der Waals surface area (Å²) in [7, 11) is 3.20. The first kappa shape index (κ1) is 25.6. The van der Waals surface area contributed by atoms with Gasteiger partial charge in [-0.25, -0.2) is 0 Å². The summed E-state index contributed by atoms with van der Waals surface area (Å²) in [6.07, 6.45) is 10.4. The maximum absolute atomic E-state index is 12.0. The predicted molar refractivity (Wildman–Crippen MR) is 127 cm³/mol. The summed E-state index contributed by atoms with van der Waals surface area (Å²) in [6, 6.07) is 11.3. The molecule has 32 heavy (non-hydrogen) atoms. The second kappa shape index (κ2) is 14.4. The van der Waals surface area contributed by atoms with E-state index in [2.05, 4.69) is 6.92 Å². The number of carbonyl (C=O) groups is 1. The van der Waals surface area contributed by atoms with Gasteiger partial charge in [0.15, 0.2) is 11.5 Å². The summed E-state index contributed by atoms with van der Waals surface area (Å²) in [5.74, 6) is 1.27. The maximum Gasteiger partial charge on any atom is 0.306 e. The van der Waals surface area contributed by atoms with Gasteiger partial charge in [0.25, 0.3) is 0 Å². The van der Waals surface area contributed by atoms with Crippen LogP contribution in [0.15, 0.2) is 36.4 Å². The molecule has 0 heterocycles. The van der Waals surface area contributed by atoms with Crippen LogP contribution in [0.5, 0.6) is 17.2 Å². The fourth-order valence-electron chi connectivity index (χ4n) is 3.70. The van der Waals surface area contributed by atoms with E-state index in [4.69, 9.17) is 14.2 Å². The Kier molecular flexibility index (Phi) is 11.5. The molecule has 0 saturated carbocycles. The standard InChI is InChI=1S/C27H38O5/c1-4-5-6-7-8-9-10-11-27(29)32-20-22-13-16-23(25(19-22)30-2)15-12-21-14-17-24(28)26(18-21)31-3/h13-14,16-19,28H,4-12,15,20H2,1-3H3. The number of hydrogen-bond donors (Lipinski definition) is 1. The number of unbranched alkanes of at least 4 members (excludes halogenated alkanes) is 6. The Morgan fingerprint density at radius 2 is 1.47 bits per heavy atom. The van der Waals surface area contributed by atoms with Crippen LogP contribution < -0.4 is 9.47 Å². The number of aryl methyl sites for hydroxylation is 2. The summed E-state index contributed by atoms with van der Waals surface area (Å²) < 4.78 is 16.2. The Bertz CT molecular complexity index is 831. The molecular formula is C27H38O5. The number of ether oxygens (including phenoxy) is 3.